The molecule has 1 unspecified atom stereocenters. The Bertz CT molecular complexity index is 663. The van der Waals surface area contributed by atoms with Gasteiger partial charge in [0.1, 0.15) is 12.4 Å². The van der Waals surface area contributed by atoms with Crippen molar-refractivity contribution in [2.45, 2.75) is 26.8 Å². The van der Waals surface area contributed by atoms with E-state index in [4.69, 9.17) is 21.4 Å². The predicted octanol–water partition coefficient (Wildman–Crippen LogP) is 2.97. The van der Waals surface area contributed by atoms with Gasteiger partial charge in [-0.3, -0.25) is 10.1 Å². The number of carbonyl (C=O) groups is 1. The van der Waals surface area contributed by atoms with Gasteiger partial charge < -0.3 is 14.5 Å². The van der Waals surface area contributed by atoms with Gasteiger partial charge in [0.15, 0.2) is 10.9 Å². The minimum Gasteiger partial charge on any atom is -0.491 e. The first-order chi connectivity index (χ1) is 11.0. The number of ether oxygens (including phenoxy) is 1. The van der Waals surface area contributed by atoms with E-state index in [1.807, 2.05) is 39.0 Å². The fourth-order valence-corrected chi connectivity index (χ4v) is 2.40. The molecule has 0 spiro atoms. The van der Waals surface area contributed by atoms with E-state index in [2.05, 4.69) is 10.6 Å². The summed E-state index contributed by atoms with van der Waals surface area (Å²) in [6, 6.07) is 9.18. The summed E-state index contributed by atoms with van der Waals surface area (Å²) in [7, 11) is 0. The van der Waals surface area contributed by atoms with Gasteiger partial charge in [0.05, 0.1) is 12.3 Å². The monoisotopic (exact) mass is 332 g/mol. The van der Waals surface area contributed by atoms with Crippen LogP contribution in [0.5, 0.6) is 5.75 Å². The molecule has 2 aromatic rings. The molecule has 1 aromatic carbocycles. The highest BCUT2D eigenvalue weighted by Gasteiger charge is 2.12. The van der Waals surface area contributed by atoms with E-state index in [9.17, 15) is 4.79 Å². The van der Waals surface area contributed by atoms with E-state index in [1.165, 1.54) is 6.26 Å². The van der Waals surface area contributed by atoms with Crippen LogP contribution in [-0.2, 0) is 0 Å². The van der Waals surface area contributed by atoms with Crippen molar-refractivity contribution >= 4 is 23.2 Å². The van der Waals surface area contributed by atoms with Crippen LogP contribution in [0.25, 0.3) is 0 Å². The zero-order chi connectivity index (χ0) is 16.8. The molecule has 6 heteroatoms. The molecule has 5 nitrogen and oxygen atoms in total. The zero-order valence-corrected chi connectivity index (χ0v) is 14.2. The summed E-state index contributed by atoms with van der Waals surface area (Å²) in [5, 5.41) is 5.82. The molecule has 0 saturated heterocycles. The fraction of sp³-hybridized carbons (Fsp3) is 0.294. The molecule has 1 atom stereocenters. The third-order valence-electron chi connectivity index (χ3n) is 3.24. The summed E-state index contributed by atoms with van der Waals surface area (Å²) in [6.07, 6.45) is 1.44. The number of aryl methyl sites for hydroxylation is 2. The Labute approximate surface area is 141 Å². The van der Waals surface area contributed by atoms with Crippen molar-refractivity contribution in [3.63, 3.8) is 0 Å². The smallest absolute Gasteiger partial charge is 0.293 e. The Hall–Kier alpha value is -2.34. The van der Waals surface area contributed by atoms with Crippen LogP contribution >= 0.6 is 12.2 Å². The number of hydrogen-bond acceptors (Lipinski definition) is 4. The maximum Gasteiger partial charge on any atom is 0.293 e. The number of hydrogen-bond donors (Lipinski definition) is 2. The van der Waals surface area contributed by atoms with E-state index >= 15 is 0 Å². The average molecular weight is 332 g/mol. The quantitative estimate of drug-likeness (QED) is 0.824. The number of nitrogens with one attached hydrogen (secondary N) is 2. The van der Waals surface area contributed by atoms with Crippen LogP contribution in [0.1, 0.15) is 28.6 Å². The van der Waals surface area contributed by atoms with Crippen molar-refractivity contribution < 1.29 is 13.9 Å². The van der Waals surface area contributed by atoms with Crippen LogP contribution in [0.4, 0.5) is 0 Å². The summed E-state index contributed by atoms with van der Waals surface area (Å²) < 4.78 is 10.9. The molecule has 1 amide bonds. The molecule has 0 saturated carbocycles. The van der Waals surface area contributed by atoms with Crippen molar-refractivity contribution in [1.82, 2.24) is 10.6 Å². The second kappa shape index (κ2) is 7.78. The molecule has 1 heterocycles. The number of rotatable bonds is 5. The third kappa shape index (κ3) is 4.82. The first kappa shape index (κ1) is 17.0. The average Bonchev–Trinajstić information content (AvgIpc) is 3.00. The molecule has 0 aliphatic carbocycles. The van der Waals surface area contributed by atoms with Crippen LogP contribution in [0, 0.1) is 13.8 Å². The van der Waals surface area contributed by atoms with Crippen LogP contribution in [0.3, 0.4) is 0 Å². The maximum absolute atomic E-state index is 11.8. The molecule has 0 radical (unpaired) electrons. The van der Waals surface area contributed by atoms with Crippen LogP contribution in [-0.4, -0.2) is 23.7 Å². The van der Waals surface area contributed by atoms with Crippen molar-refractivity contribution in [2.75, 3.05) is 6.61 Å². The van der Waals surface area contributed by atoms with Gasteiger partial charge in [-0.05, 0) is 56.2 Å². The van der Waals surface area contributed by atoms with Crippen LogP contribution < -0.4 is 15.4 Å². The third-order valence-corrected chi connectivity index (χ3v) is 3.46. The lowest BCUT2D eigenvalue weighted by Gasteiger charge is -2.18. The van der Waals surface area contributed by atoms with Crippen LogP contribution in [0.15, 0.2) is 41.0 Å². The first-order valence-corrected chi connectivity index (χ1v) is 7.72. The van der Waals surface area contributed by atoms with Gasteiger partial charge in [-0.2, -0.15) is 0 Å². The van der Waals surface area contributed by atoms with Gasteiger partial charge in [-0.15, -0.1) is 0 Å². The molecule has 0 fully saturated rings. The summed E-state index contributed by atoms with van der Waals surface area (Å²) in [5.41, 5.74) is 2.18. The van der Waals surface area contributed by atoms with Gasteiger partial charge in [-0.1, -0.05) is 18.2 Å². The Morgan fingerprint density at radius 2 is 1.96 bits per heavy atom. The van der Waals surface area contributed by atoms with Gasteiger partial charge in [0.2, 0.25) is 0 Å². The van der Waals surface area contributed by atoms with Gasteiger partial charge in [0, 0.05) is 0 Å². The van der Waals surface area contributed by atoms with Crippen molar-refractivity contribution in [3.05, 3.63) is 53.5 Å². The lowest BCUT2D eigenvalue weighted by atomic mass is 10.1. The van der Waals surface area contributed by atoms with E-state index in [-0.39, 0.29) is 22.8 Å². The highest BCUT2D eigenvalue weighted by Crippen LogP contribution is 2.22. The zero-order valence-electron chi connectivity index (χ0n) is 13.4. The number of amides is 1. The number of carbonyl (C=O) groups excluding carboxylic acids is 1. The van der Waals surface area contributed by atoms with E-state index in [1.54, 1.807) is 12.1 Å². The second-order valence-electron chi connectivity index (χ2n) is 5.34. The maximum atomic E-state index is 11.8. The Kier molecular flexibility index (Phi) is 5.76. The largest absolute Gasteiger partial charge is 0.491 e. The van der Waals surface area contributed by atoms with Crippen LogP contribution in [0.2, 0.25) is 0 Å². The highest BCUT2D eigenvalue weighted by molar-refractivity contribution is 7.80. The van der Waals surface area contributed by atoms with Crippen molar-refractivity contribution in [2.24, 2.45) is 0 Å². The molecular formula is C17H20N2O3S. The molecule has 122 valence electrons. The first-order valence-electron chi connectivity index (χ1n) is 7.31. The van der Waals surface area contributed by atoms with Crippen molar-refractivity contribution in [3.8, 4) is 5.75 Å². The van der Waals surface area contributed by atoms with E-state index in [0.717, 1.165) is 16.9 Å². The second-order valence-corrected chi connectivity index (χ2v) is 5.75. The lowest BCUT2D eigenvalue weighted by molar-refractivity contribution is 0.0949. The number of furan rings is 1. The molecule has 2 rings (SSSR count). The van der Waals surface area contributed by atoms with Crippen molar-refractivity contribution in [1.29, 1.82) is 0 Å². The summed E-state index contributed by atoms with van der Waals surface area (Å²) in [5.74, 6) is 0.718. The van der Waals surface area contributed by atoms with Gasteiger partial charge in [-0.25, -0.2) is 0 Å². The Morgan fingerprint density at radius 1 is 1.26 bits per heavy atom. The molecule has 0 aliphatic rings. The highest BCUT2D eigenvalue weighted by atomic mass is 32.1. The lowest BCUT2D eigenvalue weighted by Crippen LogP contribution is -2.45. The van der Waals surface area contributed by atoms with E-state index < -0.39 is 0 Å². The normalized spacial score (nSPS) is 11.6. The molecule has 1 aromatic heterocycles. The fourth-order valence-electron chi connectivity index (χ4n) is 2.11. The minimum absolute atomic E-state index is 0.0570. The molecule has 2 N–H and O–H groups in total. The minimum atomic E-state index is -0.379. The standard InChI is InChI=1S/C17H20N2O3S/c1-11-6-4-7-12(2)15(11)22-10-13(3)18-17(23)19-16(20)14-8-5-9-21-14/h4-9,13H,10H2,1-3H3,(H2,18,19,20,23). The Morgan fingerprint density at radius 3 is 2.57 bits per heavy atom. The van der Waals surface area contributed by atoms with Gasteiger partial charge in [0.25, 0.3) is 5.91 Å². The number of benzene rings is 1. The molecule has 23 heavy (non-hydrogen) atoms. The number of para-hydroxylation sites is 1. The molecular weight excluding hydrogens is 312 g/mol. The summed E-state index contributed by atoms with van der Waals surface area (Å²) in [4.78, 5) is 11.8. The molecule has 0 bridgehead atoms. The van der Waals surface area contributed by atoms with Gasteiger partial charge >= 0.3 is 0 Å². The summed E-state index contributed by atoms with van der Waals surface area (Å²) in [6.45, 7) is 6.38. The predicted molar refractivity (Wildman–Crippen MR) is 92.8 cm³/mol. The SMILES string of the molecule is Cc1cccc(C)c1OCC(C)NC(=S)NC(=O)c1ccco1. The molecule has 0 aliphatic heterocycles. The summed E-state index contributed by atoms with van der Waals surface area (Å²) >= 11 is 5.12. The number of thiocarbonyl (C=S) groups is 1. The van der Waals surface area contributed by atoms with E-state index in [0.29, 0.717) is 6.61 Å². The Balaban J connectivity index is 1.81. The topological polar surface area (TPSA) is 63.5 Å².